The topological polar surface area (TPSA) is 178 Å². The number of rotatable bonds is 8. The Morgan fingerprint density at radius 1 is 1.25 bits per heavy atom. The van der Waals surface area contributed by atoms with E-state index in [1.165, 1.54) is 26.0 Å². The molecule has 2 aromatic rings. The SMILES string of the molecule is Cc1nn(CC(=O)O/N=C(\N)c2ccc(OCC(N)=O)cc2)c(C)c1[N+](=O)[O-]. The summed E-state index contributed by atoms with van der Waals surface area (Å²) < 4.78 is 6.27. The predicted octanol–water partition coefficient (Wildman–Crippen LogP) is 0.136. The monoisotopic (exact) mass is 390 g/mol. The number of amidine groups is 1. The number of amides is 1. The number of hydrogen-bond donors (Lipinski definition) is 2. The third-order valence-corrected chi connectivity index (χ3v) is 3.58. The van der Waals surface area contributed by atoms with Gasteiger partial charge in [-0.25, -0.2) is 4.79 Å². The van der Waals surface area contributed by atoms with E-state index in [1.54, 1.807) is 12.1 Å². The van der Waals surface area contributed by atoms with Crippen LogP contribution in [0, 0.1) is 24.0 Å². The molecule has 0 bridgehead atoms. The first-order chi connectivity index (χ1) is 13.2. The van der Waals surface area contributed by atoms with Gasteiger partial charge in [-0.1, -0.05) is 5.16 Å². The number of carbonyl (C=O) groups is 2. The molecule has 0 aliphatic heterocycles. The van der Waals surface area contributed by atoms with Crippen molar-refractivity contribution in [3.63, 3.8) is 0 Å². The number of nitrogens with two attached hydrogens (primary N) is 2. The minimum absolute atomic E-state index is 0.0749. The average molecular weight is 390 g/mol. The van der Waals surface area contributed by atoms with Gasteiger partial charge in [-0.05, 0) is 38.1 Å². The van der Waals surface area contributed by atoms with Gasteiger partial charge in [0.05, 0.1) is 4.92 Å². The first-order valence-electron chi connectivity index (χ1n) is 7.92. The highest BCUT2D eigenvalue weighted by Crippen LogP contribution is 2.21. The Bertz CT molecular complexity index is 934. The molecule has 12 heteroatoms. The fourth-order valence-corrected chi connectivity index (χ4v) is 2.29. The van der Waals surface area contributed by atoms with Crippen LogP contribution >= 0.6 is 0 Å². The molecule has 0 unspecified atom stereocenters. The van der Waals surface area contributed by atoms with Crippen molar-refractivity contribution in [2.24, 2.45) is 16.6 Å². The van der Waals surface area contributed by atoms with Crippen molar-refractivity contribution < 1.29 is 24.1 Å². The zero-order valence-corrected chi connectivity index (χ0v) is 15.1. The van der Waals surface area contributed by atoms with Gasteiger partial charge in [0.2, 0.25) is 0 Å². The van der Waals surface area contributed by atoms with Crippen LogP contribution < -0.4 is 16.2 Å². The summed E-state index contributed by atoms with van der Waals surface area (Å²) in [4.78, 5) is 37.7. The molecule has 1 aromatic carbocycles. The molecule has 2 rings (SSSR count). The number of ether oxygens (including phenoxy) is 1. The molecule has 1 amide bonds. The molecule has 0 saturated heterocycles. The zero-order valence-electron chi connectivity index (χ0n) is 15.1. The van der Waals surface area contributed by atoms with Crippen molar-refractivity contribution in [3.05, 3.63) is 51.3 Å². The Morgan fingerprint density at radius 2 is 1.89 bits per heavy atom. The maximum absolute atomic E-state index is 11.9. The number of nitrogens with zero attached hydrogens (tertiary/aromatic N) is 4. The van der Waals surface area contributed by atoms with Gasteiger partial charge < -0.3 is 21.0 Å². The molecule has 1 aromatic heterocycles. The van der Waals surface area contributed by atoms with Crippen LogP contribution in [0.25, 0.3) is 0 Å². The third-order valence-electron chi connectivity index (χ3n) is 3.58. The van der Waals surface area contributed by atoms with Crippen LogP contribution in [0.2, 0.25) is 0 Å². The second-order valence-electron chi connectivity index (χ2n) is 5.65. The average Bonchev–Trinajstić information content (AvgIpc) is 2.91. The van der Waals surface area contributed by atoms with Crippen LogP contribution in [-0.2, 0) is 21.0 Å². The van der Waals surface area contributed by atoms with Crippen molar-refractivity contribution in [3.8, 4) is 5.75 Å². The van der Waals surface area contributed by atoms with E-state index in [9.17, 15) is 19.7 Å². The fourth-order valence-electron chi connectivity index (χ4n) is 2.29. The Hall–Kier alpha value is -3.96. The van der Waals surface area contributed by atoms with Crippen molar-refractivity contribution in [2.45, 2.75) is 20.4 Å². The summed E-state index contributed by atoms with van der Waals surface area (Å²) in [5.74, 6) is -1.08. The van der Waals surface area contributed by atoms with Gasteiger partial charge in [0.15, 0.2) is 12.4 Å². The van der Waals surface area contributed by atoms with Gasteiger partial charge >= 0.3 is 11.7 Å². The molecular formula is C16H18N6O6. The maximum Gasteiger partial charge on any atom is 0.356 e. The number of oxime groups is 1. The van der Waals surface area contributed by atoms with Crippen molar-refractivity contribution in [1.82, 2.24) is 9.78 Å². The molecule has 12 nitrogen and oxygen atoms in total. The quantitative estimate of drug-likeness (QED) is 0.210. The van der Waals surface area contributed by atoms with Crippen LogP contribution in [0.1, 0.15) is 17.0 Å². The van der Waals surface area contributed by atoms with E-state index in [4.69, 9.17) is 21.0 Å². The third kappa shape index (κ3) is 5.03. The summed E-state index contributed by atoms with van der Waals surface area (Å²) in [6.45, 7) is 2.33. The first-order valence-corrected chi connectivity index (χ1v) is 7.92. The minimum Gasteiger partial charge on any atom is -0.484 e. The smallest absolute Gasteiger partial charge is 0.356 e. The number of primary amides is 1. The highest BCUT2D eigenvalue weighted by molar-refractivity contribution is 5.97. The minimum atomic E-state index is -0.801. The summed E-state index contributed by atoms with van der Waals surface area (Å²) in [5, 5.41) is 18.5. The summed E-state index contributed by atoms with van der Waals surface area (Å²) in [5.41, 5.74) is 11.4. The summed E-state index contributed by atoms with van der Waals surface area (Å²) in [7, 11) is 0. The van der Waals surface area contributed by atoms with Gasteiger partial charge in [-0.2, -0.15) is 5.10 Å². The molecule has 0 aliphatic rings. The summed E-state index contributed by atoms with van der Waals surface area (Å²) in [6, 6.07) is 6.18. The molecule has 0 fully saturated rings. The molecular weight excluding hydrogens is 372 g/mol. The van der Waals surface area contributed by atoms with E-state index in [-0.39, 0.29) is 36.1 Å². The number of hydrogen-bond acceptors (Lipinski definition) is 8. The van der Waals surface area contributed by atoms with E-state index in [0.29, 0.717) is 11.3 Å². The maximum atomic E-state index is 11.9. The Labute approximate surface area is 158 Å². The molecule has 0 spiro atoms. The van der Waals surface area contributed by atoms with E-state index >= 15 is 0 Å². The predicted molar refractivity (Wildman–Crippen MR) is 96.3 cm³/mol. The normalized spacial score (nSPS) is 11.1. The lowest BCUT2D eigenvalue weighted by Crippen LogP contribution is -2.20. The Kier molecular flexibility index (Phi) is 6.26. The molecule has 4 N–H and O–H groups in total. The van der Waals surface area contributed by atoms with Crippen LogP contribution in [-0.4, -0.2) is 39.0 Å². The molecule has 0 saturated carbocycles. The van der Waals surface area contributed by atoms with Gasteiger partial charge in [0, 0.05) is 5.56 Å². The second kappa shape index (κ2) is 8.62. The number of nitro groups is 1. The molecule has 0 radical (unpaired) electrons. The lowest BCUT2D eigenvalue weighted by atomic mass is 10.2. The van der Waals surface area contributed by atoms with Crippen molar-refractivity contribution in [2.75, 3.05) is 6.61 Å². The van der Waals surface area contributed by atoms with Crippen LogP contribution in [0.15, 0.2) is 29.4 Å². The van der Waals surface area contributed by atoms with E-state index < -0.39 is 16.8 Å². The van der Waals surface area contributed by atoms with Gasteiger partial charge in [0.25, 0.3) is 5.91 Å². The summed E-state index contributed by atoms with van der Waals surface area (Å²) in [6.07, 6.45) is 0. The lowest BCUT2D eigenvalue weighted by molar-refractivity contribution is -0.386. The molecule has 0 atom stereocenters. The number of benzene rings is 1. The second-order valence-corrected chi connectivity index (χ2v) is 5.65. The van der Waals surface area contributed by atoms with Gasteiger partial charge in [-0.3, -0.25) is 19.6 Å². The largest absolute Gasteiger partial charge is 0.484 e. The lowest BCUT2D eigenvalue weighted by Gasteiger charge is -2.05. The molecule has 148 valence electrons. The van der Waals surface area contributed by atoms with Crippen molar-refractivity contribution in [1.29, 1.82) is 0 Å². The zero-order chi connectivity index (χ0) is 20.8. The van der Waals surface area contributed by atoms with Gasteiger partial charge in [0.1, 0.15) is 23.7 Å². The van der Waals surface area contributed by atoms with E-state index in [0.717, 1.165) is 4.68 Å². The molecule has 28 heavy (non-hydrogen) atoms. The standard InChI is InChI=1S/C16H18N6O6/c1-9-15(22(25)26)10(2)21(19-9)7-14(24)28-20-16(18)11-3-5-12(6-4-11)27-8-13(17)23/h3-6H,7-8H2,1-2H3,(H2,17,23)(H2,18,20). The van der Waals surface area contributed by atoms with Crippen LogP contribution in [0.3, 0.4) is 0 Å². The fraction of sp³-hybridized carbons (Fsp3) is 0.250. The molecule has 0 aliphatic carbocycles. The number of carbonyl (C=O) groups excluding carboxylic acids is 2. The number of aryl methyl sites for hydroxylation is 1. The van der Waals surface area contributed by atoms with Crippen LogP contribution in [0.4, 0.5) is 5.69 Å². The highest BCUT2D eigenvalue weighted by atomic mass is 16.7. The first kappa shape index (κ1) is 20.4. The Morgan fingerprint density at radius 3 is 2.43 bits per heavy atom. The van der Waals surface area contributed by atoms with E-state index in [2.05, 4.69) is 10.3 Å². The Balaban J connectivity index is 1.99. The molecule has 1 heterocycles. The summed E-state index contributed by atoms with van der Waals surface area (Å²) >= 11 is 0. The van der Waals surface area contributed by atoms with Crippen molar-refractivity contribution >= 4 is 23.4 Å². The van der Waals surface area contributed by atoms with E-state index in [1.807, 2.05) is 0 Å². The van der Waals surface area contributed by atoms with Crippen LogP contribution in [0.5, 0.6) is 5.75 Å². The number of aromatic nitrogens is 2. The van der Waals surface area contributed by atoms with Gasteiger partial charge in [-0.15, -0.1) is 0 Å². The highest BCUT2D eigenvalue weighted by Gasteiger charge is 2.23.